The van der Waals surface area contributed by atoms with Crippen molar-refractivity contribution in [1.82, 2.24) is 9.80 Å². The Morgan fingerprint density at radius 3 is 2.71 bits per heavy atom. The summed E-state index contributed by atoms with van der Waals surface area (Å²) in [7, 11) is 0.168. The number of anilines is 1. The molecule has 0 aliphatic carbocycles. The van der Waals surface area contributed by atoms with Gasteiger partial charge in [-0.1, -0.05) is 13.0 Å². The normalized spacial score (nSPS) is 20.6. The third kappa shape index (κ3) is 5.38. The average molecular weight is 468 g/mol. The first-order valence-corrected chi connectivity index (χ1v) is 12.4. The zero-order valence-corrected chi connectivity index (χ0v) is 19.7. The van der Waals surface area contributed by atoms with Crippen molar-refractivity contribution in [3.63, 3.8) is 0 Å². The number of rotatable bonds is 7. The number of aliphatic hydroxyl groups is 1. The van der Waals surface area contributed by atoms with Crippen molar-refractivity contribution >= 4 is 33.0 Å². The lowest BCUT2D eigenvalue weighted by Crippen LogP contribution is -2.49. The van der Waals surface area contributed by atoms with E-state index in [-0.39, 0.29) is 46.0 Å². The summed E-state index contributed by atoms with van der Waals surface area (Å²) in [6.07, 6.45) is -0.177. The van der Waals surface area contributed by atoms with Crippen molar-refractivity contribution in [2.75, 3.05) is 38.5 Å². The summed E-state index contributed by atoms with van der Waals surface area (Å²) >= 11 is 1.12. The van der Waals surface area contributed by atoms with E-state index in [0.717, 1.165) is 11.3 Å². The summed E-state index contributed by atoms with van der Waals surface area (Å²) in [6, 6.07) is 7.53. The highest BCUT2D eigenvalue weighted by Crippen LogP contribution is 2.31. The number of carbonyl (C=O) groups is 1. The maximum Gasteiger partial charge on any atom is 0.271 e. The van der Waals surface area contributed by atoms with E-state index in [2.05, 4.69) is 4.72 Å². The zero-order valence-electron chi connectivity index (χ0n) is 18.1. The Morgan fingerprint density at radius 1 is 1.35 bits per heavy atom. The van der Waals surface area contributed by atoms with Gasteiger partial charge in [-0.3, -0.25) is 9.52 Å². The van der Waals surface area contributed by atoms with Crippen molar-refractivity contribution in [3.8, 4) is 5.75 Å². The van der Waals surface area contributed by atoms with Gasteiger partial charge in [-0.2, -0.15) is 0 Å². The molecule has 31 heavy (non-hydrogen) atoms. The smallest absolute Gasteiger partial charge is 0.271 e. The molecule has 1 aliphatic heterocycles. The highest BCUT2D eigenvalue weighted by molar-refractivity contribution is 7.94. The molecule has 2 aromatic rings. The number of likely N-dealkylation sites (N-methyl/N-ethyl adjacent to an activating group) is 1. The fourth-order valence-corrected chi connectivity index (χ4v) is 5.53. The van der Waals surface area contributed by atoms with Crippen LogP contribution in [-0.4, -0.2) is 75.2 Å². The first kappa shape index (κ1) is 23.5. The first-order chi connectivity index (χ1) is 14.6. The molecule has 1 aromatic heterocycles. The van der Waals surface area contributed by atoms with E-state index in [0.29, 0.717) is 18.8 Å². The molecule has 0 saturated carbocycles. The van der Waals surface area contributed by atoms with E-state index < -0.39 is 10.0 Å². The molecule has 8 nitrogen and oxygen atoms in total. The Labute approximate surface area is 187 Å². The van der Waals surface area contributed by atoms with Crippen molar-refractivity contribution in [3.05, 3.63) is 41.3 Å². The van der Waals surface area contributed by atoms with Crippen LogP contribution in [-0.2, 0) is 10.0 Å². The predicted molar refractivity (Wildman–Crippen MR) is 121 cm³/mol. The van der Waals surface area contributed by atoms with Gasteiger partial charge in [0.15, 0.2) is 0 Å². The Balaban J connectivity index is 2.00. The minimum absolute atomic E-state index is 0.0329. The molecular weight excluding hydrogens is 438 g/mol. The molecule has 3 atom stereocenters. The molecule has 0 fully saturated rings. The molecule has 170 valence electrons. The van der Waals surface area contributed by atoms with Crippen LogP contribution < -0.4 is 9.46 Å². The van der Waals surface area contributed by atoms with Crippen molar-refractivity contribution in [2.24, 2.45) is 5.92 Å². The van der Waals surface area contributed by atoms with Gasteiger partial charge in [0.05, 0.1) is 18.2 Å². The lowest BCUT2D eigenvalue weighted by Gasteiger charge is -2.37. The molecule has 2 heterocycles. The number of benzene rings is 1. The highest BCUT2D eigenvalue weighted by atomic mass is 32.2. The monoisotopic (exact) mass is 467 g/mol. The number of ether oxygens (including phenoxy) is 1. The zero-order chi connectivity index (χ0) is 22.8. The summed E-state index contributed by atoms with van der Waals surface area (Å²) in [5, 5.41) is 11.4. The van der Waals surface area contributed by atoms with Gasteiger partial charge in [-0.05, 0) is 50.7 Å². The van der Waals surface area contributed by atoms with Gasteiger partial charge in [0.2, 0.25) is 0 Å². The minimum atomic E-state index is -3.74. The Morgan fingerprint density at radius 2 is 2.10 bits per heavy atom. The molecule has 0 bridgehead atoms. The summed E-state index contributed by atoms with van der Waals surface area (Å²) in [6.45, 7) is 4.72. The maximum atomic E-state index is 13.4. The average Bonchev–Trinajstić information content (AvgIpc) is 3.26. The van der Waals surface area contributed by atoms with Crippen molar-refractivity contribution in [1.29, 1.82) is 0 Å². The van der Waals surface area contributed by atoms with E-state index in [1.165, 1.54) is 12.1 Å². The standard InChI is InChI=1S/C21H29N3O5S2/c1-14-11-24(15(2)13-25)21(26)17-10-16(22-31(27,28)20-6-5-9-30-20)7-8-18(17)29-19(14)12-23(3)4/h5-10,14-15,19,22,25H,11-13H2,1-4H3/t14-,15+,19-/m1/s1. The number of sulfonamides is 1. The molecule has 0 unspecified atom stereocenters. The molecule has 1 aliphatic rings. The third-order valence-electron chi connectivity index (χ3n) is 5.22. The summed E-state index contributed by atoms with van der Waals surface area (Å²) in [5.74, 6) is 0.131. The number of nitrogens with one attached hydrogen (secondary N) is 1. The molecule has 10 heteroatoms. The molecular formula is C21H29N3O5S2. The second-order valence-electron chi connectivity index (χ2n) is 8.13. The topological polar surface area (TPSA) is 99.2 Å². The SMILES string of the molecule is C[C@@H]1CN([C@@H](C)CO)C(=O)c2cc(NS(=O)(=O)c3cccs3)ccc2O[C@@H]1CN(C)C. The van der Waals surface area contributed by atoms with Gasteiger partial charge in [0.1, 0.15) is 16.1 Å². The summed E-state index contributed by atoms with van der Waals surface area (Å²) in [4.78, 5) is 17.0. The lowest BCUT2D eigenvalue weighted by molar-refractivity contribution is 0.0363. The fourth-order valence-electron chi connectivity index (χ4n) is 3.49. The number of carbonyl (C=O) groups excluding carboxylic acids is 1. The molecule has 1 amide bonds. The van der Waals surface area contributed by atoms with Crippen molar-refractivity contribution < 1.29 is 23.1 Å². The van der Waals surface area contributed by atoms with E-state index in [4.69, 9.17) is 4.74 Å². The number of nitrogens with zero attached hydrogens (tertiary/aromatic N) is 2. The first-order valence-electron chi connectivity index (χ1n) is 10.1. The van der Waals surface area contributed by atoms with Gasteiger partial charge in [0.25, 0.3) is 15.9 Å². The van der Waals surface area contributed by atoms with Crippen LogP contribution in [0.25, 0.3) is 0 Å². The van der Waals surface area contributed by atoms with Gasteiger partial charge >= 0.3 is 0 Å². The van der Waals surface area contributed by atoms with Crippen LogP contribution in [0.15, 0.2) is 39.9 Å². The van der Waals surface area contributed by atoms with Crippen LogP contribution in [0.5, 0.6) is 5.75 Å². The van der Waals surface area contributed by atoms with Gasteiger partial charge in [-0.15, -0.1) is 11.3 Å². The molecule has 3 rings (SSSR count). The molecule has 0 saturated heterocycles. The molecule has 0 radical (unpaired) electrons. The minimum Gasteiger partial charge on any atom is -0.488 e. The number of fused-ring (bicyclic) bond motifs is 1. The van der Waals surface area contributed by atoms with Crippen molar-refractivity contribution in [2.45, 2.75) is 30.2 Å². The Bertz CT molecular complexity index is 1010. The molecule has 1 aromatic carbocycles. The fraction of sp³-hybridized carbons (Fsp3) is 0.476. The van der Waals surface area contributed by atoms with Crippen LogP contribution in [0.2, 0.25) is 0 Å². The number of aliphatic hydroxyl groups excluding tert-OH is 1. The summed E-state index contributed by atoms with van der Waals surface area (Å²) < 4.78 is 34.2. The number of hydrogen-bond donors (Lipinski definition) is 2. The van der Waals surface area contributed by atoms with Gasteiger partial charge < -0.3 is 19.6 Å². The lowest BCUT2D eigenvalue weighted by atomic mass is 9.99. The van der Waals surface area contributed by atoms with E-state index >= 15 is 0 Å². The Kier molecular flexibility index (Phi) is 7.25. The highest BCUT2D eigenvalue weighted by Gasteiger charge is 2.33. The molecule has 0 spiro atoms. The van der Waals surface area contributed by atoms with Crippen LogP contribution in [0, 0.1) is 5.92 Å². The molecule has 2 N–H and O–H groups in total. The second kappa shape index (κ2) is 9.56. The van der Waals surface area contributed by atoms with Crippen LogP contribution in [0.1, 0.15) is 24.2 Å². The van der Waals surface area contributed by atoms with Crippen LogP contribution in [0.4, 0.5) is 5.69 Å². The van der Waals surface area contributed by atoms with Gasteiger partial charge in [0, 0.05) is 24.7 Å². The van der Waals surface area contributed by atoms with Gasteiger partial charge in [-0.25, -0.2) is 8.42 Å². The van der Waals surface area contributed by atoms with E-state index in [1.807, 2.05) is 25.9 Å². The second-order valence-corrected chi connectivity index (χ2v) is 11.0. The van der Waals surface area contributed by atoms with Crippen LogP contribution in [0.3, 0.4) is 0 Å². The Hall–Kier alpha value is -2.14. The maximum absolute atomic E-state index is 13.4. The van der Waals surface area contributed by atoms with E-state index in [1.54, 1.807) is 35.4 Å². The third-order valence-corrected chi connectivity index (χ3v) is 8.00. The predicted octanol–water partition coefficient (Wildman–Crippen LogP) is 2.33. The van der Waals surface area contributed by atoms with E-state index in [9.17, 15) is 18.3 Å². The largest absolute Gasteiger partial charge is 0.488 e. The number of thiophene rings is 1. The quantitative estimate of drug-likeness (QED) is 0.649. The number of hydrogen-bond acceptors (Lipinski definition) is 7. The summed E-state index contributed by atoms with van der Waals surface area (Å²) in [5.41, 5.74) is 0.542. The number of amides is 1. The van der Waals surface area contributed by atoms with Crippen LogP contribution >= 0.6 is 11.3 Å².